The van der Waals surface area contributed by atoms with E-state index in [9.17, 15) is 0 Å². The number of anilines is 1. The Morgan fingerprint density at radius 3 is 2.60 bits per heavy atom. The minimum absolute atomic E-state index is 0.338. The third-order valence-corrected chi connectivity index (χ3v) is 2.37. The monoisotopic (exact) mass is 202 g/mol. The van der Waals surface area contributed by atoms with Crippen LogP contribution in [0.4, 0.5) is 11.4 Å². The van der Waals surface area contributed by atoms with Crippen molar-refractivity contribution in [1.29, 1.82) is 0 Å². The summed E-state index contributed by atoms with van der Waals surface area (Å²) in [6, 6.07) is 5.30. The van der Waals surface area contributed by atoms with Gasteiger partial charge in [0.2, 0.25) is 0 Å². The van der Waals surface area contributed by atoms with Crippen molar-refractivity contribution in [3.63, 3.8) is 0 Å². The molecule has 15 heavy (non-hydrogen) atoms. The van der Waals surface area contributed by atoms with E-state index in [0.29, 0.717) is 11.4 Å². The molecule has 0 bridgehead atoms. The Kier molecular flexibility index (Phi) is 2.11. The van der Waals surface area contributed by atoms with Gasteiger partial charge in [-0.2, -0.15) is 0 Å². The molecule has 0 aliphatic carbocycles. The summed E-state index contributed by atoms with van der Waals surface area (Å²) in [5, 5.41) is 3.88. The average molecular weight is 202 g/mol. The van der Waals surface area contributed by atoms with Gasteiger partial charge in [0.05, 0.1) is 5.69 Å². The van der Waals surface area contributed by atoms with Gasteiger partial charge in [-0.05, 0) is 25.5 Å². The zero-order valence-corrected chi connectivity index (χ0v) is 8.66. The van der Waals surface area contributed by atoms with Gasteiger partial charge in [-0.3, -0.25) is 0 Å². The third-order valence-electron chi connectivity index (χ3n) is 2.37. The van der Waals surface area contributed by atoms with E-state index in [2.05, 4.69) is 5.16 Å². The summed E-state index contributed by atoms with van der Waals surface area (Å²) in [7, 11) is 0. The molecule has 0 aliphatic heterocycles. The van der Waals surface area contributed by atoms with Crippen molar-refractivity contribution in [2.75, 3.05) is 5.73 Å². The number of benzene rings is 1. The highest BCUT2D eigenvalue weighted by molar-refractivity contribution is 5.77. The maximum atomic E-state index is 7.48. The van der Waals surface area contributed by atoms with Crippen molar-refractivity contribution in [2.24, 2.45) is 0 Å². The van der Waals surface area contributed by atoms with E-state index in [-0.39, 0.29) is 0 Å². The fraction of sp³-hybridized carbons (Fsp3) is 0.182. The highest BCUT2D eigenvalue weighted by Gasteiger charge is 2.11. The molecule has 78 valence electrons. The van der Waals surface area contributed by atoms with Crippen molar-refractivity contribution >= 4 is 11.4 Å². The molecular weight excluding hydrogens is 190 g/mol. The summed E-state index contributed by atoms with van der Waals surface area (Å²) in [4.78, 5) is 0. The molecule has 1 aromatic heterocycles. The zero-order valence-electron chi connectivity index (χ0n) is 8.66. The molecule has 0 spiro atoms. The van der Waals surface area contributed by atoms with Crippen LogP contribution in [-0.2, 0) is 0 Å². The molecule has 0 radical (unpaired) electrons. The number of rotatable bonds is 1. The Morgan fingerprint density at radius 1 is 1.33 bits per heavy atom. The number of aryl methyl sites for hydroxylation is 2. The number of hydrogen-bond donors (Lipinski definition) is 1. The topological polar surface area (TPSA) is 75.8 Å². The van der Waals surface area contributed by atoms with Crippen molar-refractivity contribution in [3.05, 3.63) is 35.4 Å². The zero-order chi connectivity index (χ0) is 11.0. The SMILES string of the molecule is Cc1noc(C)c1-c1ccc([NH-])c(N)c1. The fourth-order valence-electron chi connectivity index (χ4n) is 1.61. The summed E-state index contributed by atoms with van der Waals surface area (Å²) in [5.74, 6) is 0.768. The van der Waals surface area contributed by atoms with Gasteiger partial charge >= 0.3 is 0 Å². The highest BCUT2D eigenvalue weighted by atomic mass is 16.5. The van der Waals surface area contributed by atoms with Crippen LogP contribution in [0.15, 0.2) is 22.7 Å². The molecule has 0 aliphatic rings. The van der Waals surface area contributed by atoms with E-state index >= 15 is 0 Å². The van der Waals surface area contributed by atoms with Gasteiger partial charge < -0.3 is 16.0 Å². The lowest BCUT2D eigenvalue weighted by molar-refractivity contribution is 0.393. The number of nitrogens with one attached hydrogen (secondary N) is 1. The minimum Gasteiger partial charge on any atom is -0.697 e. The Bertz CT molecular complexity index is 483. The van der Waals surface area contributed by atoms with Crippen LogP contribution in [0.3, 0.4) is 0 Å². The van der Waals surface area contributed by atoms with Crippen molar-refractivity contribution in [3.8, 4) is 11.1 Å². The molecule has 3 N–H and O–H groups in total. The van der Waals surface area contributed by atoms with Gasteiger partial charge in [0.25, 0.3) is 0 Å². The van der Waals surface area contributed by atoms with E-state index < -0.39 is 0 Å². The van der Waals surface area contributed by atoms with Crippen molar-refractivity contribution in [1.82, 2.24) is 5.16 Å². The van der Waals surface area contributed by atoms with Crippen LogP contribution in [0.2, 0.25) is 0 Å². The number of nitrogens with two attached hydrogens (primary N) is 1. The molecule has 4 nitrogen and oxygen atoms in total. The summed E-state index contributed by atoms with van der Waals surface area (Å²) in [6.07, 6.45) is 0. The summed E-state index contributed by atoms with van der Waals surface area (Å²) >= 11 is 0. The van der Waals surface area contributed by atoms with Gasteiger partial charge in [-0.1, -0.05) is 17.3 Å². The van der Waals surface area contributed by atoms with Crippen LogP contribution >= 0.6 is 0 Å². The van der Waals surface area contributed by atoms with Crippen LogP contribution in [0.5, 0.6) is 0 Å². The molecule has 2 rings (SSSR count). The molecular formula is C11H12N3O-. The molecule has 2 aromatic rings. The van der Waals surface area contributed by atoms with E-state index in [4.69, 9.17) is 16.0 Å². The number of hydrogen-bond acceptors (Lipinski definition) is 3. The van der Waals surface area contributed by atoms with Gasteiger partial charge in [0, 0.05) is 11.3 Å². The average Bonchev–Trinajstić information content (AvgIpc) is 2.52. The van der Waals surface area contributed by atoms with Crippen LogP contribution in [-0.4, -0.2) is 5.16 Å². The third kappa shape index (κ3) is 1.54. The molecule has 0 saturated heterocycles. The van der Waals surface area contributed by atoms with Crippen LogP contribution in [0.25, 0.3) is 16.9 Å². The highest BCUT2D eigenvalue weighted by Crippen LogP contribution is 2.31. The summed E-state index contributed by atoms with van der Waals surface area (Å²) < 4.78 is 5.08. The molecule has 0 amide bonds. The molecule has 4 heteroatoms. The van der Waals surface area contributed by atoms with Gasteiger partial charge in [0.1, 0.15) is 5.76 Å². The van der Waals surface area contributed by atoms with E-state index in [1.165, 1.54) is 0 Å². The van der Waals surface area contributed by atoms with Crippen molar-refractivity contribution in [2.45, 2.75) is 13.8 Å². The number of aromatic nitrogens is 1. The lowest BCUT2D eigenvalue weighted by Crippen LogP contribution is -1.87. The van der Waals surface area contributed by atoms with E-state index in [1.807, 2.05) is 19.9 Å². The minimum atomic E-state index is 0.338. The molecule has 0 saturated carbocycles. The van der Waals surface area contributed by atoms with Crippen molar-refractivity contribution < 1.29 is 4.52 Å². The van der Waals surface area contributed by atoms with Gasteiger partial charge in [0.15, 0.2) is 0 Å². The first kappa shape index (κ1) is 9.58. The Balaban J connectivity index is 2.59. The Morgan fingerprint density at radius 2 is 2.07 bits per heavy atom. The second kappa shape index (κ2) is 3.31. The number of nitrogen functional groups attached to an aromatic ring is 1. The maximum absolute atomic E-state index is 7.48. The molecule has 0 atom stereocenters. The molecule has 1 aromatic carbocycles. The van der Waals surface area contributed by atoms with Crippen LogP contribution < -0.4 is 5.73 Å². The Labute approximate surface area is 87.9 Å². The number of nitrogens with zero attached hydrogens (tertiary/aromatic N) is 1. The standard InChI is InChI=1S/C11H12N3O/c1-6-11(7(2)15-14-6)8-3-4-9(12)10(13)5-8/h3-5,12H,13H2,1-2H3/q-1. The lowest BCUT2D eigenvalue weighted by Gasteiger charge is -2.09. The first-order chi connectivity index (χ1) is 7.09. The normalized spacial score (nSPS) is 10.5. The molecule has 1 heterocycles. The molecule has 0 unspecified atom stereocenters. The quantitative estimate of drug-likeness (QED) is 0.721. The summed E-state index contributed by atoms with van der Waals surface area (Å²) in [5.41, 5.74) is 16.7. The first-order valence-electron chi connectivity index (χ1n) is 4.64. The lowest BCUT2D eigenvalue weighted by atomic mass is 10.0. The maximum Gasteiger partial charge on any atom is 0.141 e. The first-order valence-corrected chi connectivity index (χ1v) is 4.64. The smallest absolute Gasteiger partial charge is 0.141 e. The van der Waals surface area contributed by atoms with Crippen LogP contribution in [0, 0.1) is 13.8 Å². The van der Waals surface area contributed by atoms with E-state index in [0.717, 1.165) is 22.6 Å². The molecule has 0 fully saturated rings. The second-order valence-electron chi connectivity index (χ2n) is 3.50. The summed E-state index contributed by atoms with van der Waals surface area (Å²) in [6.45, 7) is 3.75. The Hall–Kier alpha value is -1.97. The van der Waals surface area contributed by atoms with Gasteiger partial charge in [-0.15, -0.1) is 5.69 Å². The fourth-order valence-corrected chi connectivity index (χ4v) is 1.61. The second-order valence-corrected chi connectivity index (χ2v) is 3.50. The predicted octanol–water partition coefficient (Wildman–Crippen LogP) is 3.22. The van der Waals surface area contributed by atoms with Crippen LogP contribution in [0.1, 0.15) is 11.5 Å². The van der Waals surface area contributed by atoms with E-state index in [1.54, 1.807) is 12.1 Å². The largest absolute Gasteiger partial charge is 0.697 e. The predicted molar refractivity (Wildman–Crippen MR) is 59.8 cm³/mol. The van der Waals surface area contributed by atoms with Gasteiger partial charge in [-0.25, -0.2) is 0 Å².